The highest BCUT2D eigenvalue weighted by atomic mass is 16.5. The van der Waals surface area contributed by atoms with Crippen molar-refractivity contribution in [2.75, 3.05) is 26.3 Å². The first-order valence-electron chi connectivity index (χ1n) is 8.22. The summed E-state index contributed by atoms with van der Waals surface area (Å²) in [5.41, 5.74) is 0. The quantitative estimate of drug-likeness (QED) is 0.560. The van der Waals surface area contributed by atoms with E-state index in [2.05, 4.69) is 12.2 Å². The third-order valence-electron chi connectivity index (χ3n) is 3.96. The number of ether oxygens (including phenoxy) is 1. The van der Waals surface area contributed by atoms with Crippen LogP contribution in [-0.4, -0.2) is 26.3 Å². The zero-order valence-corrected chi connectivity index (χ0v) is 12.4. The minimum atomic E-state index is 0.868. The Morgan fingerprint density at radius 1 is 1.00 bits per heavy atom. The Bertz CT molecular complexity index is 166. The summed E-state index contributed by atoms with van der Waals surface area (Å²) >= 11 is 0. The van der Waals surface area contributed by atoms with Crippen LogP contribution in [0.5, 0.6) is 0 Å². The second-order valence-corrected chi connectivity index (χ2v) is 5.73. The maximum Gasteiger partial charge on any atom is 0.0469 e. The van der Waals surface area contributed by atoms with E-state index in [1.165, 1.54) is 77.3 Å². The van der Waals surface area contributed by atoms with Crippen LogP contribution in [0.4, 0.5) is 0 Å². The third kappa shape index (κ3) is 8.93. The predicted octanol–water partition coefficient (Wildman–Crippen LogP) is 4.14. The van der Waals surface area contributed by atoms with E-state index in [1.807, 2.05) is 0 Å². The predicted molar refractivity (Wildman–Crippen MR) is 79.0 cm³/mol. The average molecular weight is 255 g/mol. The maximum absolute atomic E-state index is 5.74. The fourth-order valence-electron chi connectivity index (χ4n) is 2.68. The van der Waals surface area contributed by atoms with Crippen molar-refractivity contribution >= 4 is 0 Å². The summed E-state index contributed by atoms with van der Waals surface area (Å²) in [6, 6.07) is 0. The number of hydrogen-bond donors (Lipinski definition) is 1. The average Bonchev–Trinajstić information content (AvgIpc) is 2.42. The van der Waals surface area contributed by atoms with Crippen molar-refractivity contribution in [1.29, 1.82) is 0 Å². The Balaban J connectivity index is 1.73. The number of rotatable bonds is 11. The van der Waals surface area contributed by atoms with E-state index in [1.54, 1.807) is 0 Å². The molecule has 108 valence electrons. The number of unbranched alkanes of at least 4 members (excludes halogenated alkanes) is 6. The maximum atomic E-state index is 5.74. The van der Waals surface area contributed by atoms with Crippen LogP contribution in [0, 0.1) is 5.92 Å². The van der Waals surface area contributed by atoms with Crippen LogP contribution < -0.4 is 5.32 Å². The van der Waals surface area contributed by atoms with Crippen LogP contribution in [-0.2, 0) is 4.74 Å². The molecule has 1 rings (SSSR count). The van der Waals surface area contributed by atoms with Crippen molar-refractivity contribution in [2.24, 2.45) is 5.92 Å². The molecule has 0 amide bonds. The molecule has 0 aliphatic carbocycles. The highest BCUT2D eigenvalue weighted by Gasteiger charge is 2.11. The van der Waals surface area contributed by atoms with E-state index in [0.717, 1.165) is 19.1 Å². The zero-order chi connectivity index (χ0) is 12.9. The molecule has 0 radical (unpaired) electrons. The summed E-state index contributed by atoms with van der Waals surface area (Å²) in [6.07, 6.45) is 13.6. The number of piperidine rings is 1. The molecule has 0 saturated carbocycles. The Labute approximate surface area is 114 Å². The first-order chi connectivity index (χ1) is 8.93. The van der Waals surface area contributed by atoms with Crippen LogP contribution in [0.1, 0.15) is 71.1 Å². The summed E-state index contributed by atoms with van der Waals surface area (Å²) in [5.74, 6) is 0.868. The lowest BCUT2D eigenvalue weighted by atomic mass is 9.97. The van der Waals surface area contributed by atoms with Gasteiger partial charge in [0.15, 0.2) is 0 Å². The summed E-state index contributed by atoms with van der Waals surface area (Å²) in [4.78, 5) is 0. The van der Waals surface area contributed by atoms with Gasteiger partial charge >= 0.3 is 0 Å². The van der Waals surface area contributed by atoms with Gasteiger partial charge in [-0.1, -0.05) is 45.4 Å². The minimum absolute atomic E-state index is 0.868. The second kappa shape index (κ2) is 12.0. The molecule has 1 unspecified atom stereocenters. The minimum Gasteiger partial charge on any atom is -0.381 e. The lowest BCUT2D eigenvalue weighted by Gasteiger charge is -2.22. The van der Waals surface area contributed by atoms with Crippen molar-refractivity contribution in [3.8, 4) is 0 Å². The Kier molecular flexibility index (Phi) is 10.6. The highest BCUT2D eigenvalue weighted by Crippen LogP contribution is 2.14. The molecule has 1 aliphatic heterocycles. The van der Waals surface area contributed by atoms with Crippen molar-refractivity contribution in [3.05, 3.63) is 0 Å². The van der Waals surface area contributed by atoms with E-state index in [-0.39, 0.29) is 0 Å². The van der Waals surface area contributed by atoms with E-state index in [9.17, 15) is 0 Å². The largest absolute Gasteiger partial charge is 0.381 e. The van der Waals surface area contributed by atoms with Gasteiger partial charge in [-0.2, -0.15) is 0 Å². The second-order valence-electron chi connectivity index (χ2n) is 5.73. The van der Waals surface area contributed by atoms with Crippen molar-refractivity contribution in [3.63, 3.8) is 0 Å². The molecule has 0 aromatic carbocycles. The summed E-state index contributed by atoms with van der Waals surface area (Å²) in [7, 11) is 0. The SMILES string of the molecule is CCCCCCCCCOCCC1CCCNC1. The molecule has 0 bridgehead atoms. The van der Waals surface area contributed by atoms with Gasteiger partial charge in [-0.15, -0.1) is 0 Å². The Hall–Kier alpha value is -0.0800. The van der Waals surface area contributed by atoms with E-state index >= 15 is 0 Å². The van der Waals surface area contributed by atoms with Gasteiger partial charge in [0.1, 0.15) is 0 Å². The Morgan fingerprint density at radius 2 is 1.78 bits per heavy atom. The Morgan fingerprint density at radius 3 is 2.50 bits per heavy atom. The molecule has 2 heteroatoms. The fourth-order valence-corrected chi connectivity index (χ4v) is 2.68. The van der Waals surface area contributed by atoms with Gasteiger partial charge < -0.3 is 10.1 Å². The van der Waals surface area contributed by atoms with Gasteiger partial charge in [0.25, 0.3) is 0 Å². The van der Waals surface area contributed by atoms with Crippen LogP contribution in [0.3, 0.4) is 0 Å². The molecule has 0 aromatic heterocycles. The van der Waals surface area contributed by atoms with E-state index < -0.39 is 0 Å². The zero-order valence-electron chi connectivity index (χ0n) is 12.4. The standard InChI is InChI=1S/C16H33NO/c1-2-3-4-5-6-7-8-13-18-14-11-16-10-9-12-17-15-16/h16-17H,2-15H2,1H3. The van der Waals surface area contributed by atoms with Crippen LogP contribution in [0.2, 0.25) is 0 Å². The van der Waals surface area contributed by atoms with Gasteiger partial charge in [-0.05, 0) is 44.7 Å². The van der Waals surface area contributed by atoms with Crippen LogP contribution >= 0.6 is 0 Å². The topological polar surface area (TPSA) is 21.3 Å². The number of hydrogen-bond acceptors (Lipinski definition) is 2. The molecule has 18 heavy (non-hydrogen) atoms. The molecule has 1 atom stereocenters. The van der Waals surface area contributed by atoms with Gasteiger partial charge in [0, 0.05) is 13.2 Å². The molecule has 1 saturated heterocycles. The van der Waals surface area contributed by atoms with Crippen molar-refractivity contribution in [1.82, 2.24) is 5.32 Å². The van der Waals surface area contributed by atoms with Gasteiger partial charge in [0.2, 0.25) is 0 Å². The van der Waals surface area contributed by atoms with Crippen LogP contribution in [0.15, 0.2) is 0 Å². The summed E-state index contributed by atoms with van der Waals surface area (Å²) < 4.78 is 5.74. The van der Waals surface area contributed by atoms with Gasteiger partial charge in [-0.25, -0.2) is 0 Å². The normalized spacial score (nSPS) is 20.2. The number of nitrogens with one attached hydrogen (secondary N) is 1. The van der Waals surface area contributed by atoms with Crippen molar-refractivity contribution in [2.45, 2.75) is 71.1 Å². The smallest absolute Gasteiger partial charge is 0.0469 e. The third-order valence-corrected chi connectivity index (χ3v) is 3.96. The molecule has 1 fully saturated rings. The lowest BCUT2D eigenvalue weighted by Crippen LogP contribution is -2.30. The highest BCUT2D eigenvalue weighted by molar-refractivity contribution is 4.68. The lowest BCUT2D eigenvalue weighted by molar-refractivity contribution is 0.112. The van der Waals surface area contributed by atoms with Crippen LogP contribution in [0.25, 0.3) is 0 Å². The van der Waals surface area contributed by atoms with E-state index in [0.29, 0.717) is 0 Å². The fraction of sp³-hybridized carbons (Fsp3) is 1.00. The molecule has 0 aromatic rings. The summed E-state index contributed by atoms with van der Waals surface area (Å²) in [5, 5.41) is 3.46. The van der Waals surface area contributed by atoms with Gasteiger partial charge in [-0.3, -0.25) is 0 Å². The molecule has 1 N–H and O–H groups in total. The monoisotopic (exact) mass is 255 g/mol. The molecule has 2 nitrogen and oxygen atoms in total. The molecule has 1 heterocycles. The molecular formula is C16H33NO. The van der Waals surface area contributed by atoms with E-state index in [4.69, 9.17) is 4.74 Å². The summed E-state index contributed by atoms with van der Waals surface area (Å²) in [6.45, 7) is 6.65. The first-order valence-corrected chi connectivity index (χ1v) is 8.22. The van der Waals surface area contributed by atoms with Crippen molar-refractivity contribution < 1.29 is 4.74 Å². The first kappa shape index (κ1) is 16.0. The molecule has 1 aliphatic rings. The molecular weight excluding hydrogens is 222 g/mol. The molecule has 0 spiro atoms. The van der Waals surface area contributed by atoms with Gasteiger partial charge in [0.05, 0.1) is 0 Å².